The molecule has 0 unspecified atom stereocenters. The van der Waals surface area contributed by atoms with Crippen molar-refractivity contribution < 1.29 is 4.79 Å². The second kappa shape index (κ2) is 5.79. The molecule has 1 amide bonds. The molecular weight excluding hydrogens is 252 g/mol. The minimum Gasteiger partial charge on any atom is -0.352 e. The third-order valence-corrected chi connectivity index (χ3v) is 3.65. The Balaban J connectivity index is 2.11. The van der Waals surface area contributed by atoms with Crippen LogP contribution in [0.1, 0.15) is 33.3 Å². The van der Waals surface area contributed by atoms with Gasteiger partial charge in [0.1, 0.15) is 11.4 Å². The molecule has 1 aromatic heterocycles. The number of anilines is 1. The van der Waals surface area contributed by atoms with E-state index in [1.807, 2.05) is 26.1 Å². The van der Waals surface area contributed by atoms with Crippen LogP contribution in [0.25, 0.3) is 0 Å². The second-order valence-corrected chi connectivity index (χ2v) is 6.03. The number of amides is 1. The molecule has 5 nitrogen and oxygen atoms in total. The lowest BCUT2D eigenvalue weighted by atomic mass is 9.99. The molecule has 0 aromatic carbocycles. The highest BCUT2D eigenvalue weighted by Crippen LogP contribution is 2.24. The van der Waals surface area contributed by atoms with Gasteiger partial charge in [0.2, 0.25) is 5.91 Å². The zero-order chi connectivity index (χ0) is 14.8. The summed E-state index contributed by atoms with van der Waals surface area (Å²) >= 11 is 0. The summed E-state index contributed by atoms with van der Waals surface area (Å²) in [7, 11) is 0. The number of hydrogen-bond donors (Lipinski definition) is 2. The zero-order valence-electron chi connectivity index (χ0n) is 12.7. The largest absolute Gasteiger partial charge is 0.352 e. The Hall–Kier alpha value is -1.62. The highest BCUT2D eigenvalue weighted by Gasteiger charge is 2.38. The number of piperazine rings is 1. The Morgan fingerprint density at radius 3 is 2.80 bits per heavy atom. The Morgan fingerprint density at radius 1 is 1.45 bits per heavy atom. The van der Waals surface area contributed by atoms with Crippen molar-refractivity contribution in [3.63, 3.8) is 0 Å². The van der Waals surface area contributed by atoms with Crippen molar-refractivity contribution >= 4 is 11.7 Å². The Labute approximate surface area is 120 Å². The monoisotopic (exact) mass is 276 g/mol. The van der Waals surface area contributed by atoms with Crippen LogP contribution in [0.5, 0.6) is 0 Å². The lowest BCUT2D eigenvalue weighted by Gasteiger charge is -2.42. The highest BCUT2D eigenvalue weighted by molar-refractivity contribution is 5.90. The van der Waals surface area contributed by atoms with Gasteiger partial charge in [-0.15, -0.1) is 0 Å². The standard InChI is InChI=1S/C15H24N4O/c1-11(2)17-9-12-5-6-13(18-10-12)19-8-7-16-14(20)15(19,3)4/h5-6,10-11,17H,7-9H2,1-4H3,(H,16,20). The Morgan fingerprint density at radius 2 is 2.20 bits per heavy atom. The molecule has 2 rings (SSSR count). The molecule has 0 radical (unpaired) electrons. The maximum absolute atomic E-state index is 12.0. The van der Waals surface area contributed by atoms with Gasteiger partial charge in [0.15, 0.2) is 0 Å². The van der Waals surface area contributed by atoms with Gasteiger partial charge in [-0.05, 0) is 25.5 Å². The molecule has 20 heavy (non-hydrogen) atoms. The molecule has 1 aromatic rings. The van der Waals surface area contributed by atoms with Gasteiger partial charge < -0.3 is 15.5 Å². The zero-order valence-corrected chi connectivity index (χ0v) is 12.7. The topological polar surface area (TPSA) is 57.3 Å². The fraction of sp³-hybridized carbons (Fsp3) is 0.600. The summed E-state index contributed by atoms with van der Waals surface area (Å²) < 4.78 is 0. The number of hydrogen-bond acceptors (Lipinski definition) is 4. The summed E-state index contributed by atoms with van der Waals surface area (Å²) in [5.41, 5.74) is 0.602. The lowest BCUT2D eigenvalue weighted by Crippen LogP contribution is -2.62. The first-order valence-corrected chi connectivity index (χ1v) is 7.15. The molecule has 0 atom stereocenters. The van der Waals surface area contributed by atoms with E-state index in [-0.39, 0.29) is 5.91 Å². The van der Waals surface area contributed by atoms with Crippen molar-refractivity contribution in [2.45, 2.75) is 45.8 Å². The lowest BCUT2D eigenvalue weighted by molar-refractivity contribution is -0.126. The SMILES string of the molecule is CC(C)NCc1ccc(N2CCNC(=O)C2(C)C)nc1. The minimum atomic E-state index is -0.553. The smallest absolute Gasteiger partial charge is 0.245 e. The van der Waals surface area contributed by atoms with E-state index in [0.717, 1.165) is 24.5 Å². The highest BCUT2D eigenvalue weighted by atomic mass is 16.2. The molecule has 2 N–H and O–H groups in total. The summed E-state index contributed by atoms with van der Waals surface area (Å²) in [5, 5.41) is 6.26. The third-order valence-electron chi connectivity index (χ3n) is 3.65. The maximum Gasteiger partial charge on any atom is 0.245 e. The van der Waals surface area contributed by atoms with Crippen LogP contribution in [0.3, 0.4) is 0 Å². The summed E-state index contributed by atoms with van der Waals surface area (Å²) in [4.78, 5) is 18.5. The molecule has 1 aliphatic heterocycles. The molecule has 2 heterocycles. The van der Waals surface area contributed by atoms with Gasteiger partial charge >= 0.3 is 0 Å². The summed E-state index contributed by atoms with van der Waals surface area (Å²) in [6.07, 6.45) is 1.88. The number of rotatable bonds is 4. The van der Waals surface area contributed by atoms with Gasteiger partial charge in [-0.3, -0.25) is 4.79 Å². The van der Waals surface area contributed by atoms with E-state index >= 15 is 0 Å². The molecule has 1 fully saturated rings. The van der Waals surface area contributed by atoms with Crippen LogP contribution in [0.2, 0.25) is 0 Å². The van der Waals surface area contributed by atoms with Crippen LogP contribution in [-0.2, 0) is 11.3 Å². The fourth-order valence-corrected chi connectivity index (χ4v) is 2.30. The quantitative estimate of drug-likeness (QED) is 0.870. The molecule has 0 bridgehead atoms. The molecule has 110 valence electrons. The Kier molecular flexibility index (Phi) is 4.28. The van der Waals surface area contributed by atoms with Crippen LogP contribution in [0, 0.1) is 0 Å². The van der Waals surface area contributed by atoms with E-state index in [1.54, 1.807) is 0 Å². The molecule has 5 heteroatoms. The first-order chi connectivity index (χ1) is 9.41. The van der Waals surface area contributed by atoms with E-state index in [0.29, 0.717) is 12.6 Å². The van der Waals surface area contributed by atoms with E-state index in [2.05, 4.69) is 40.4 Å². The number of carbonyl (C=O) groups is 1. The van der Waals surface area contributed by atoms with Crippen LogP contribution in [0.4, 0.5) is 5.82 Å². The number of pyridine rings is 1. The van der Waals surface area contributed by atoms with Crippen molar-refractivity contribution in [2.75, 3.05) is 18.0 Å². The number of carbonyl (C=O) groups excluding carboxylic acids is 1. The molecule has 1 saturated heterocycles. The van der Waals surface area contributed by atoms with Crippen LogP contribution >= 0.6 is 0 Å². The third kappa shape index (κ3) is 3.10. The van der Waals surface area contributed by atoms with Crippen LogP contribution < -0.4 is 15.5 Å². The van der Waals surface area contributed by atoms with Crippen molar-refractivity contribution in [3.05, 3.63) is 23.9 Å². The molecule has 0 spiro atoms. The van der Waals surface area contributed by atoms with Crippen LogP contribution in [0.15, 0.2) is 18.3 Å². The molecule has 1 aliphatic rings. The Bertz CT molecular complexity index is 467. The van der Waals surface area contributed by atoms with Crippen molar-refractivity contribution in [2.24, 2.45) is 0 Å². The summed E-state index contributed by atoms with van der Waals surface area (Å²) in [6.45, 7) is 10.4. The average molecular weight is 276 g/mol. The maximum atomic E-state index is 12.0. The van der Waals surface area contributed by atoms with Gasteiger partial charge in [0.05, 0.1) is 0 Å². The molecule has 0 aliphatic carbocycles. The van der Waals surface area contributed by atoms with Gasteiger partial charge in [-0.1, -0.05) is 19.9 Å². The second-order valence-electron chi connectivity index (χ2n) is 6.03. The average Bonchev–Trinajstić information content (AvgIpc) is 2.40. The predicted molar refractivity (Wildman–Crippen MR) is 80.6 cm³/mol. The van der Waals surface area contributed by atoms with Gasteiger partial charge in [-0.2, -0.15) is 0 Å². The van der Waals surface area contributed by atoms with Gasteiger partial charge in [0.25, 0.3) is 0 Å². The van der Waals surface area contributed by atoms with Crippen molar-refractivity contribution in [1.29, 1.82) is 0 Å². The number of aromatic nitrogens is 1. The predicted octanol–water partition coefficient (Wildman–Crippen LogP) is 1.29. The van der Waals surface area contributed by atoms with Gasteiger partial charge in [0, 0.05) is 31.9 Å². The number of nitrogens with zero attached hydrogens (tertiary/aromatic N) is 2. The molecule has 0 saturated carbocycles. The van der Waals surface area contributed by atoms with E-state index < -0.39 is 5.54 Å². The number of nitrogens with one attached hydrogen (secondary N) is 2. The molecular formula is C15H24N4O. The first kappa shape index (κ1) is 14.8. The van der Waals surface area contributed by atoms with E-state index in [9.17, 15) is 4.79 Å². The van der Waals surface area contributed by atoms with Crippen LogP contribution in [-0.4, -0.2) is 35.6 Å². The fourth-order valence-electron chi connectivity index (χ4n) is 2.30. The minimum absolute atomic E-state index is 0.0519. The first-order valence-electron chi connectivity index (χ1n) is 7.15. The summed E-state index contributed by atoms with van der Waals surface area (Å²) in [5.74, 6) is 0.911. The van der Waals surface area contributed by atoms with Crippen molar-refractivity contribution in [1.82, 2.24) is 15.6 Å². The van der Waals surface area contributed by atoms with Gasteiger partial charge in [-0.25, -0.2) is 4.98 Å². The normalized spacial score (nSPS) is 18.2. The van der Waals surface area contributed by atoms with E-state index in [1.165, 1.54) is 0 Å². The summed E-state index contributed by atoms with van der Waals surface area (Å²) in [6, 6.07) is 4.53. The van der Waals surface area contributed by atoms with E-state index in [4.69, 9.17) is 0 Å². The van der Waals surface area contributed by atoms with Crippen molar-refractivity contribution in [3.8, 4) is 0 Å².